The van der Waals surface area contributed by atoms with E-state index in [1.807, 2.05) is 26.1 Å². The molecule has 1 aromatic rings. The van der Waals surface area contributed by atoms with Crippen molar-refractivity contribution in [2.45, 2.75) is 38.0 Å². The largest absolute Gasteiger partial charge is 0.494 e. The van der Waals surface area contributed by atoms with E-state index in [2.05, 4.69) is 22.3 Å². The summed E-state index contributed by atoms with van der Waals surface area (Å²) in [5, 5.41) is 3.43. The van der Waals surface area contributed by atoms with Gasteiger partial charge in [0.25, 0.3) is 0 Å². The van der Waals surface area contributed by atoms with Gasteiger partial charge in [-0.1, -0.05) is 12.1 Å². The molecule has 2 saturated heterocycles. The quantitative estimate of drug-likeness (QED) is 0.901. The zero-order chi connectivity index (χ0) is 14.7. The fraction of sp³-hybridized carbons (Fsp3) is 0.647. The maximum Gasteiger partial charge on any atom is 0.119 e. The molecule has 0 bridgehead atoms. The molecule has 1 aromatic carbocycles. The smallest absolute Gasteiger partial charge is 0.119 e. The predicted molar refractivity (Wildman–Crippen MR) is 83.7 cm³/mol. The number of likely N-dealkylation sites (N-methyl/N-ethyl adjacent to an activating group) is 1. The summed E-state index contributed by atoms with van der Waals surface area (Å²) < 4.78 is 11.7. The zero-order valence-corrected chi connectivity index (χ0v) is 13.0. The lowest BCUT2D eigenvalue weighted by molar-refractivity contribution is -0.0642. The molecule has 0 aromatic heterocycles. The van der Waals surface area contributed by atoms with Crippen molar-refractivity contribution in [1.29, 1.82) is 0 Å². The second-order valence-corrected chi connectivity index (χ2v) is 5.93. The molecule has 1 N–H and O–H groups in total. The molecule has 3 rings (SSSR count). The van der Waals surface area contributed by atoms with E-state index in [0.29, 0.717) is 12.6 Å². The molecule has 3 atom stereocenters. The lowest BCUT2D eigenvalue weighted by Gasteiger charge is -2.39. The number of morpholine rings is 1. The van der Waals surface area contributed by atoms with E-state index in [1.54, 1.807) is 0 Å². The third-order valence-electron chi connectivity index (χ3n) is 4.65. The molecular weight excluding hydrogens is 264 g/mol. The van der Waals surface area contributed by atoms with Crippen molar-refractivity contribution in [3.05, 3.63) is 29.8 Å². The summed E-state index contributed by atoms with van der Waals surface area (Å²) in [6.07, 6.45) is 2.83. The first-order valence-electron chi connectivity index (χ1n) is 8.07. The lowest BCUT2D eigenvalue weighted by atomic mass is 9.99. The Balaban J connectivity index is 1.69. The van der Waals surface area contributed by atoms with Crippen LogP contribution < -0.4 is 10.1 Å². The van der Waals surface area contributed by atoms with Crippen molar-refractivity contribution in [3.8, 4) is 5.75 Å². The number of nitrogens with one attached hydrogen (secondary N) is 1. The Kier molecular flexibility index (Phi) is 4.78. The number of rotatable bonds is 5. The SMILES string of the molecule is CCOc1ccc(C(NC)C2CN3CCCC3CO2)cc1. The van der Waals surface area contributed by atoms with Crippen LogP contribution in [0.5, 0.6) is 5.75 Å². The van der Waals surface area contributed by atoms with E-state index in [9.17, 15) is 0 Å². The van der Waals surface area contributed by atoms with Gasteiger partial charge >= 0.3 is 0 Å². The van der Waals surface area contributed by atoms with Gasteiger partial charge in [0.1, 0.15) is 5.75 Å². The first kappa shape index (κ1) is 14.8. The van der Waals surface area contributed by atoms with E-state index in [1.165, 1.54) is 24.9 Å². The van der Waals surface area contributed by atoms with E-state index >= 15 is 0 Å². The average Bonchev–Trinajstić information content (AvgIpc) is 2.98. The minimum Gasteiger partial charge on any atom is -0.494 e. The minimum absolute atomic E-state index is 0.224. The first-order valence-corrected chi connectivity index (χ1v) is 8.07. The Morgan fingerprint density at radius 2 is 2.19 bits per heavy atom. The van der Waals surface area contributed by atoms with Crippen molar-refractivity contribution in [1.82, 2.24) is 10.2 Å². The van der Waals surface area contributed by atoms with Gasteiger partial charge in [-0.3, -0.25) is 4.90 Å². The first-order chi connectivity index (χ1) is 10.3. The second-order valence-electron chi connectivity index (χ2n) is 5.93. The second kappa shape index (κ2) is 6.77. The number of hydrogen-bond donors (Lipinski definition) is 1. The molecule has 4 nitrogen and oxygen atoms in total. The van der Waals surface area contributed by atoms with Crippen LogP contribution in [0, 0.1) is 0 Å². The molecule has 2 aliphatic rings. The van der Waals surface area contributed by atoms with Crippen molar-refractivity contribution in [3.63, 3.8) is 0 Å². The van der Waals surface area contributed by atoms with Crippen LogP contribution in [-0.2, 0) is 4.74 Å². The van der Waals surface area contributed by atoms with Crippen molar-refractivity contribution in [2.24, 2.45) is 0 Å². The minimum atomic E-state index is 0.224. The van der Waals surface area contributed by atoms with Crippen LogP contribution in [0.3, 0.4) is 0 Å². The Bertz CT molecular complexity index is 449. The summed E-state index contributed by atoms with van der Waals surface area (Å²) in [5.41, 5.74) is 1.27. The summed E-state index contributed by atoms with van der Waals surface area (Å²) in [7, 11) is 2.01. The van der Waals surface area contributed by atoms with Crippen LogP contribution in [0.2, 0.25) is 0 Å². The molecule has 2 fully saturated rings. The highest BCUT2D eigenvalue weighted by molar-refractivity contribution is 5.30. The highest BCUT2D eigenvalue weighted by atomic mass is 16.5. The maximum absolute atomic E-state index is 6.14. The molecule has 0 radical (unpaired) electrons. The van der Waals surface area contributed by atoms with Gasteiger partial charge in [-0.2, -0.15) is 0 Å². The van der Waals surface area contributed by atoms with Crippen LogP contribution >= 0.6 is 0 Å². The summed E-state index contributed by atoms with van der Waals surface area (Å²) in [6, 6.07) is 9.27. The number of benzene rings is 1. The monoisotopic (exact) mass is 290 g/mol. The molecule has 116 valence electrons. The Labute approximate surface area is 127 Å². The predicted octanol–water partition coefficient (Wildman–Crippen LogP) is 2.21. The summed E-state index contributed by atoms with van der Waals surface area (Å²) in [6.45, 7) is 5.84. The van der Waals surface area contributed by atoms with Gasteiger partial charge in [0, 0.05) is 12.6 Å². The molecule has 3 unspecified atom stereocenters. The average molecular weight is 290 g/mol. The van der Waals surface area contributed by atoms with Gasteiger partial charge in [0.2, 0.25) is 0 Å². The van der Waals surface area contributed by atoms with Gasteiger partial charge < -0.3 is 14.8 Å². The molecule has 0 saturated carbocycles. The molecular formula is C17H26N2O2. The summed E-state index contributed by atoms with van der Waals surface area (Å²) in [4.78, 5) is 2.59. The van der Waals surface area contributed by atoms with Gasteiger partial charge in [0.15, 0.2) is 0 Å². The molecule has 2 heterocycles. The van der Waals surface area contributed by atoms with E-state index in [4.69, 9.17) is 9.47 Å². The number of nitrogens with zero attached hydrogens (tertiary/aromatic N) is 1. The Morgan fingerprint density at radius 1 is 1.38 bits per heavy atom. The lowest BCUT2D eigenvalue weighted by Crippen LogP contribution is -2.50. The summed E-state index contributed by atoms with van der Waals surface area (Å²) >= 11 is 0. The van der Waals surface area contributed by atoms with Gasteiger partial charge in [-0.15, -0.1) is 0 Å². The molecule has 2 aliphatic heterocycles. The number of fused-ring (bicyclic) bond motifs is 1. The van der Waals surface area contributed by atoms with Crippen LogP contribution in [0.25, 0.3) is 0 Å². The normalized spacial score (nSPS) is 27.3. The number of ether oxygens (including phenoxy) is 2. The van der Waals surface area contributed by atoms with Gasteiger partial charge in [0.05, 0.1) is 25.4 Å². The molecule has 4 heteroatoms. The van der Waals surface area contributed by atoms with E-state index in [-0.39, 0.29) is 12.1 Å². The summed E-state index contributed by atoms with van der Waals surface area (Å²) in [5.74, 6) is 0.931. The molecule has 0 spiro atoms. The van der Waals surface area contributed by atoms with Gasteiger partial charge in [-0.05, 0) is 51.1 Å². The number of hydrogen-bond acceptors (Lipinski definition) is 4. The topological polar surface area (TPSA) is 33.7 Å². The van der Waals surface area contributed by atoms with E-state index < -0.39 is 0 Å². The standard InChI is InChI=1S/C17H26N2O2/c1-3-20-15-8-6-13(7-9-15)17(18-2)16-11-19-10-4-5-14(19)12-21-16/h6-9,14,16-18H,3-5,10-12H2,1-2H3. The zero-order valence-electron chi connectivity index (χ0n) is 13.0. The fourth-order valence-electron chi connectivity index (χ4n) is 3.55. The van der Waals surface area contributed by atoms with Crippen LogP contribution in [-0.4, -0.2) is 50.4 Å². The van der Waals surface area contributed by atoms with Crippen LogP contribution in [0.4, 0.5) is 0 Å². The Morgan fingerprint density at radius 3 is 2.90 bits per heavy atom. The molecule has 0 amide bonds. The molecule has 21 heavy (non-hydrogen) atoms. The Hall–Kier alpha value is -1.10. The fourth-order valence-corrected chi connectivity index (χ4v) is 3.55. The van der Waals surface area contributed by atoms with Crippen LogP contribution in [0.1, 0.15) is 31.4 Å². The highest BCUT2D eigenvalue weighted by Crippen LogP contribution is 2.29. The van der Waals surface area contributed by atoms with Crippen molar-refractivity contribution in [2.75, 3.05) is 33.4 Å². The maximum atomic E-state index is 6.14. The third-order valence-corrected chi connectivity index (χ3v) is 4.65. The molecule has 0 aliphatic carbocycles. The van der Waals surface area contributed by atoms with Crippen LogP contribution in [0.15, 0.2) is 24.3 Å². The third kappa shape index (κ3) is 3.23. The van der Waals surface area contributed by atoms with Crippen molar-refractivity contribution < 1.29 is 9.47 Å². The van der Waals surface area contributed by atoms with Crippen molar-refractivity contribution >= 4 is 0 Å². The van der Waals surface area contributed by atoms with E-state index in [0.717, 1.165) is 18.9 Å². The highest BCUT2D eigenvalue weighted by Gasteiger charge is 2.35. The van der Waals surface area contributed by atoms with Gasteiger partial charge in [-0.25, -0.2) is 0 Å².